The first kappa shape index (κ1) is 28.7. The molecule has 0 aliphatic rings. The lowest BCUT2D eigenvalue weighted by Crippen LogP contribution is -2.43. The molecule has 1 aromatic heterocycles. The molecule has 0 unspecified atom stereocenters. The van der Waals surface area contributed by atoms with Crippen molar-refractivity contribution in [3.63, 3.8) is 0 Å². The van der Waals surface area contributed by atoms with Crippen LogP contribution >= 0.6 is 0 Å². The Balaban J connectivity index is 0.000000762. The van der Waals surface area contributed by atoms with Gasteiger partial charge in [0, 0.05) is 12.6 Å². The van der Waals surface area contributed by atoms with Crippen LogP contribution in [0, 0.1) is 0 Å². The number of aliphatic imine (C=N–C) groups is 1. The molecule has 1 aromatic carbocycles. The molecule has 0 spiro atoms. The second-order valence-electron chi connectivity index (χ2n) is 6.94. The Kier molecular flexibility index (Phi) is 11.0. The first-order chi connectivity index (χ1) is 16.3. The molecule has 0 fully saturated rings. The van der Waals surface area contributed by atoms with Crippen molar-refractivity contribution in [2.75, 3.05) is 6.54 Å². The number of nitrogens with one attached hydrogen (secondary N) is 1. The number of rotatable bonds is 9. The number of nitrogens with two attached hydrogens (primary N) is 2. The van der Waals surface area contributed by atoms with Gasteiger partial charge in [0.1, 0.15) is 11.7 Å². The van der Waals surface area contributed by atoms with Crippen molar-refractivity contribution in [1.29, 1.82) is 0 Å². The number of carboxylic acid groups (broad SMARTS) is 2. The topological polar surface area (TPSA) is 190 Å². The van der Waals surface area contributed by atoms with E-state index in [1.807, 2.05) is 30.3 Å². The Morgan fingerprint density at radius 1 is 1.03 bits per heavy atom. The highest BCUT2D eigenvalue weighted by Crippen LogP contribution is 2.13. The lowest BCUT2D eigenvalue weighted by atomic mass is 10.1. The number of carbonyl (C=O) groups excluding carboxylic acids is 1. The predicted molar refractivity (Wildman–Crippen MR) is 119 cm³/mol. The van der Waals surface area contributed by atoms with Gasteiger partial charge in [-0.15, -0.1) is 0 Å². The zero-order valence-electron chi connectivity index (χ0n) is 18.2. The third-order valence-corrected chi connectivity index (χ3v) is 4.26. The summed E-state index contributed by atoms with van der Waals surface area (Å²) < 4.78 is 33.0. The Morgan fingerprint density at radius 3 is 2.14 bits per heavy atom. The number of benzene rings is 1. The van der Waals surface area contributed by atoms with Crippen molar-refractivity contribution in [1.82, 2.24) is 9.88 Å². The molecule has 0 radical (unpaired) electrons. The highest BCUT2D eigenvalue weighted by molar-refractivity contribution is 5.95. The summed E-state index contributed by atoms with van der Waals surface area (Å²) in [5.74, 6) is -4.65. The second-order valence-corrected chi connectivity index (χ2v) is 6.94. The zero-order valence-corrected chi connectivity index (χ0v) is 18.2. The molecule has 0 aliphatic carbocycles. The maximum atomic E-state index is 12.7. The van der Waals surface area contributed by atoms with Crippen LogP contribution in [0.2, 0.25) is 0 Å². The van der Waals surface area contributed by atoms with E-state index in [0.717, 1.165) is 5.56 Å². The molecule has 35 heavy (non-hydrogen) atoms. The Morgan fingerprint density at radius 2 is 1.63 bits per heavy atom. The largest absolute Gasteiger partial charge is 0.490 e. The van der Waals surface area contributed by atoms with Gasteiger partial charge in [-0.25, -0.2) is 9.59 Å². The molecule has 0 saturated heterocycles. The van der Waals surface area contributed by atoms with Crippen molar-refractivity contribution in [2.24, 2.45) is 16.5 Å². The molecule has 14 heteroatoms. The van der Waals surface area contributed by atoms with E-state index in [1.54, 1.807) is 0 Å². The minimum Gasteiger partial charge on any atom is -0.480 e. The fourth-order valence-electron chi connectivity index (χ4n) is 2.64. The average molecular weight is 499 g/mol. The van der Waals surface area contributed by atoms with Crippen molar-refractivity contribution < 1.29 is 37.8 Å². The number of guanidine groups is 1. The summed E-state index contributed by atoms with van der Waals surface area (Å²) in [5.41, 5.74) is 11.0. The number of nitrogens with zero attached hydrogens (tertiary/aromatic N) is 2. The first-order valence-electron chi connectivity index (χ1n) is 9.96. The molecule has 190 valence electrons. The maximum absolute atomic E-state index is 12.7. The highest BCUT2D eigenvalue weighted by atomic mass is 19.4. The number of halogens is 3. The molecule has 2 aromatic rings. The van der Waals surface area contributed by atoms with Gasteiger partial charge in [0.05, 0.1) is 6.54 Å². The minimum absolute atomic E-state index is 0.0786. The van der Waals surface area contributed by atoms with Gasteiger partial charge in [0.25, 0.3) is 11.5 Å². The van der Waals surface area contributed by atoms with Crippen LogP contribution in [0.25, 0.3) is 0 Å². The molecule has 1 heterocycles. The molecule has 11 nitrogen and oxygen atoms in total. The first-order valence-corrected chi connectivity index (χ1v) is 9.96. The number of hydrogen-bond acceptors (Lipinski definition) is 5. The molecule has 0 aliphatic heterocycles. The Labute approximate surface area is 196 Å². The van der Waals surface area contributed by atoms with E-state index in [2.05, 4.69) is 10.3 Å². The van der Waals surface area contributed by atoms with Crippen LogP contribution in [0.4, 0.5) is 13.2 Å². The summed E-state index contributed by atoms with van der Waals surface area (Å²) in [7, 11) is 0. The van der Waals surface area contributed by atoms with Crippen LogP contribution in [-0.4, -0.2) is 57.3 Å². The van der Waals surface area contributed by atoms with Gasteiger partial charge in [0.2, 0.25) is 0 Å². The molecule has 1 amide bonds. The quantitative estimate of drug-likeness (QED) is 0.190. The van der Waals surface area contributed by atoms with Gasteiger partial charge in [-0.3, -0.25) is 19.1 Å². The van der Waals surface area contributed by atoms with Crippen molar-refractivity contribution in [3.8, 4) is 0 Å². The van der Waals surface area contributed by atoms with E-state index in [1.165, 1.54) is 22.8 Å². The Hall–Kier alpha value is -4.36. The predicted octanol–water partition coefficient (Wildman–Crippen LogP) is 0.767. The van der Waals surface area contributed by atoms with Crippen molar-refractivity contribution >= 4 is 23.8 Å². The van der Waals surface area contributed by atoms with Crippen LogP contribution in [0.1, 0.15) is 28.9 Å². The van der Waals surface area contributed by atoms with E-state index in [0.29, 0.717) is 6.42 Å². The number of hydrogen-bond donors (Lipinski definition) is 5. The van der Waals surface area contributed by atoms with Gasteiger partial charge in [-0.2, -0.15) is 13.2 Å². The minimum atomic E-state index is -5.08. The number of pyridine rings is 1. The fraction of sp³-hybridized carbons (Fsp3) is 0.286. The van der Waals surface area contributed by atoms with E-state index in [-0.39, 0.29) is 36.7 Å². The number of alkyl halides is 3. The van der Waals surface area contributed by atoms with E-state index < -0.39 is 30.1 Å². The van der Waals surface area contributed by atoms with Crippen LogP contribution in [0.15, 0.2) is 58.3 Å². The molecule has 0 saturated carbocycles. The fourth-order valence-corrected chi connectivity index (χ4v) is 2.64. The molecular weight excluding hydrogens is 475 g/mol. The number of amides is 1. The smallest absolute Gasteiger partial charge is 0.480 e. The highest BCUT2D eigenvalue weighted by Gasteiger charge is 2.38. The number of aromatic nitrogens is 1. The Bertz CT molecular complexity index is 1100. The number of aliphatic carboxylic acids is 2. The zero-order chi connectivity index (χ0) is 26.6. The molecule has 2 rings (SSSR count). The number of carboxylic acids is 2. The molecule has 7 N–H and O–H groups in total. The summed E-state index contributed by atoms with van der Waals surface area (Å²) in [4.78, 5) is 49.1. The van der Waals surface area contributed by atoms with E-state index >= 15 is 0 Å². The number of carbonyl (C=O) groups is 3. The summed E-state index contributed by atoms with van der Waals surface area (Å²) in [6, 6.07) is 12.4. The molecular formula is C21H24F3N5O6. The van der Waals surface area contributed by atoms with Crippen molar-refractivity contribution in [2.45, 2.75) is 31.6 Å². The van der Waals surface area contributed by atoms with Crippen LogP contribution < -0.4 is 22.3 Å². The van der Waals surface area contributed by atoms with Crippen molar-refractivity contribution in [3.05, 3.63) is 70.1 Å². The SMILES string of the molecule is NC(N)=NCCC[C@H](NC(=O)c1cccc(=O)n1Cc1ccccc1)C(=O)O.O=C(O)C(F)(F)F. The third kappa shape index (κ3) is 10.4. The maximum Gasteiger partial charge on any atom is 0.490 e. The van der Waals surface area contributed by atoms with Gasteiger partial charge in [-0.05, 0) is 24.5 Å². The van der Waals surface area contributed by atoms with E-state index in [9.17, 15) is 32.7 Å². The summed E-state index contributed by atoms with van der Waals surface area (Å²) in [6.07, 6.45) is -4.56. The average Bonchev–Trinajstić information content (AvgIpc) is 2.77. The molecule has 0 bridgehead atoms. The summed E-state index contributed by atoms with van der Waals surface area (Å²) in [5, 5.41) is 19.0. The molecule has 1 atom stereocenters. The standard InChI is InChI=1S/C19H23N5O4.C2HF3O2/c20-19(21)22-11-5-8-14(18(27)28)23-17(26)15-9-4-10-16(25)24(15)12-13-6-2-1-3-7-13;3-2(4,5)1(6)7/h1-4,6-7,9-10,14H,5,8,11-12H2,(H,23,26)(H,27,28)(H4,20,21,22);(H,6,7)/t14-;/m0./s1. The van der Waals surface area contributed by atoms with Gasteiger partial charge in [-0.1, -0.05) is 36.4 Å². The van der Waals surface area contributed by atoms with Gasteiger partial charge >= 0.3 is 18.1 Å². The van der Waals surface area contributed by atoms with Crippen LogP contribution in [0.3, 0.4) is 0 Å². The monoisotopic (exact) mass is 499 g/mol. The lowest BCUT2D eigenvalue weighted by Gasteiger charge is -2.17. The van der Waals surface area contributed by atoms with Crippen LogP contribution in [0.5, 0.6) is 0 Å². The lowest BCUT2D eigenvalue weighted by molar-refractivity contribution is -0.192. The normalized spacial score (nSPS) is 11.4. The second kappa shape index (κ2) is 13.4. The van der Waals surface area contributed by atoms with Gasteiger partial charge in [0.15, 0.2) is 5.96 Å². The summed E-state index contributed by atoms with van der Waals surface area (Å²) >= 11 is 0. The third-order valence-electron chi connectivity index (χ3n) is 4.26. The van der Waals surface area contributed by atoms with Crippen LogP contribution in [-0.2, 0) is 16.1 Å². The van der Waals surface area contributed by atoms with E-state index in [4.69, 9.17) is 21.4 Å². The van der Waals surface area contributed by atoms with Gasteiger partial charge < -0.3 is 27.0 Å². The summed E-state index contributed by atoms with van der Waals surface area (Å²) in [6.45, 7) is 0.456.